The second kappa shape index (κ2) is 6.80. The molecule has 7 heteroatoms. The molecule has 1 aromatic heterocycles. The van der Waals surface area contributed by atoms with Gasteiger partial charge in [0.1, 0.15) is 23.2 Å². The molecule has 0 saturated carbocycles. The van der Waals surface area contributed by atoms with E-state index >= 15 is 0 Å². The van der Waals surface area contributed by atoms with Crippen molar-refractivity contribution in [1.82, 2.24) is 4.98 Å². The summed E-state index contributed by atoms with van der Waals surface area (Å²) >= 11 is 1.49. The molecule has 1 heterocycles. The van der Waals surface area contributed by atoms with Crippen LogP contribution in [0, 0.1) is 11.6 Å². The van der Waals surface area contributed by atoms with Gasteiger partial charge in [0.2, 0.25) is 5.91 Å². The van der Waals surface area contributed by atoms with Gasteiger partial charge in [0.25, 0.3) is 0 Å². The van der Waals surface area contributed by atoms with Crippen molar-refractivity contribution in [3.05, 3.63) is 59.1 Å². The van der Waals surface area contributed by atoms with Crippen LogP contribution in [0.5, 0.6) is 0 Å². The van der Waals surface area contributed by atoms with Gasteiger partial charge in [-0.25, -0.2) is 13.8 Å². The van der Waals surface area contributed by atoms with Crippen LogP contribution >= 0.6 is 11.3 Å². The van der Waals surface area contributed by atoms with E-state index in [0.29, 0.717) is 6.07 Å². The second-order valence-electron chi connectivity index (χ2n) is 4.74. The number of fused-ring (bicyclic) bond motifs is 1. The molecular weight excluding hydrogens is 322 g/mol. The number of nitrogens with one attached hydrogen (secondary N) is 1. The molecule has 0 unspecified atom stereocenters. The summed E-state index contributed by atoms with van der Waals surface area (Å²) in [5.74, 6) is -2.05. The minimum atomic E-state index is -0.829. The van der Waals surface area contributed by atoms with Crippen molar-refractivity contribution in [2.45, 2.75) is 6.61 Å². The van der Waals surface area contributed by atoms with Gasteiger partial charge in [-0.05, 0) is 24.3 Å². The van der Waals surface area contributed by atoms with Gasteiger partial charge in [-0.1, -0.05) is 12.1 Å². The Bertz CT molecular complexity index is 818. The van der Waals surface area contributed by atoms with E-state index in [0.717, 1.165) is 27.4 Å². The third-order valence-electron chi connectivity index (χ3n) is 3.00. The average Bonchev–Trinajstić information content (AvgIpc) is 2.93. The lowest BCUT2D eigenvalue weighted by atomic mass is 10.3. The van der Waals surface area contributed by atoms with Crippen molar-refractivity contribution in [3.8, 4) is 0 Å². The van der Waals surface area contributed by atoms with Crippen molar-refractivity contribution >= 4 is 33.1 Å². The maximum atomic E-state index is 13.4. The highest BCUT2D eigenvalue weighted by Gasteiger charge is 2.09. The van der Waals surface area contributed by atoms with E-state index in [4.69, 9.17) is 4.74 Å². The van der Waals surface area contributed by atoms with Gasteiger partial charge in [-0.3, -0.25) is 4.79 Å². The molecule has 3 rings (SSSR count). The number of carbonyl (C=O) groups excluding carboxylic acids is 1. The van der Waals surface area contributed by atoms with E-state index < -0.39 is 17.5 Å². The van der Waals surface area contributed by atoms with Gasteiger partial charge >= 0.3 is 0 Å². The smallest absolute Gasteiger partial charge is 0.250 e. The Balaban J connectivity index is 1.52. The van der Waals surface area contributed by atoms with Gasteiger partial charge in [0, 0.05) is 6.07 Å². The van der Waals surface area contributed by atoms with E-state index in [2.05, 4.69) is 10.3 Å². The normalized spacial score (nSPS) is 10.9. The summed E-state index contributed by atoms with van der Waals surface area (Å²) in [6.07, 6.45) is 0. The predicted octanol–water partition coefficient (Wildman–Crippen LogP) is 3.73. The molecule has 118 valence electrons. The van der Waals surface area contributed by atoms with Gasteiger partial charge in [-0.15, -0.1) is 11.3 Å². The standard InChI is InChI=1S/C16H12F2N2O2S/c17-10-5-6-12(11(18)7-10)19-15(21)8-22-9-16-20-13-3-1-2-4-14(13)23-16/h1-7H,8-9H2,(H,19,21). The van der Waals surface area contributed by atoms with Crippen LogP contribution in [0.2, 0.25) is 0 Å². The third-order valence-corrected chi connectivity index (χ3v) is 4.01. The largest absolute Gasteiger partial charge is 0.364 e. The summed E-state index contributed by atoms with van der Waals surface area (Å²) in [4.78, 5) is 16.1. The van der Waals surface area contributed by atoms with Crippen LogP contribution in [0.3, 0.4) is 0 Å². The highest BCUT2D eigenvalue weighted by Crippen LogP contribution is 2.22. The minimum Gasteiger partial charge on any atom is -0.364 e. The second-order valence-corrected chi connectivity index (χ2v) is 5.86. The number of amides is 1. The first kappa shape index (κ1) is 15.5. The zero-order valence-corrected chi connectivity index (χ0v) is 12.7. The number of carbonyl (C=O) groups is 1. The van der Waals surface area contributed by atoms with Crippen LogP contribution in [-0.4, -0.2) is 17.5 Å². The van der Waals surface area contributed by atoms with Crippen molar-refractivity contribution < 1.29 is 18.3 Å². The third kappa shape index (κ3) is 3.88. The first-order valence-corrected chi connectivity index (χ1v) is 7.60. The zero-order chi connectivity index (χ0) is 16.2. The van der Waals surface area contributed by atoms with E-state index in [1.807, 2.05) is 24.3 Å². The molecular formula is C16H12F2N2O2S. The Morgan fingerprint density at radius 1 is 1.22 bits per heavy atom. The highest BCUT2D eigenvalue weighted by atomic mass is 32.1. The quantitative estimate of drug-likeness (QED) is 0.773. The molecule has 0 saturated heterocycles. The van der Waals surface area contributed by atoms with E-state index in [9.17, 15) is 13.6 Å². The van der Waals surface area contributed by atoms with Gasteiger partial charge in [-0.2, -0.15) is 0 Å². The SMILES string of the molecule is O=C(COCc1nc2ccccc2s1)Nc1ccc(F)cc1F. The lowest BCUT2D eigenvalue weighted by Gasteiger charge is -2.06. The minimum absolute atomic E-state index is 0.0833. The van der Waals surface area contributed by atoms with Gasteiger partial charge in [0.05, 0.1) is 22.5 Å². The Hall–Kier alpha value is -2.38. The summed E-state index contributed by atoms with van der Waals surface area (Å²) in [7, 11) is 0. The highest BCUT2D eigenvalue weighted by molar-refractivity contribution is 7.18. The molecule has 23 heavy (non-hydrogen) atoms. The fourth-order valence-electron chi connectivity index (χ4n) is 1.99. The van der Waals surface area contributed by atoms with Crippen molar-refractivity contribution in [2.75, 3.05) is 11.9 Å². The number of para-hydroxylation sites is 1. The Morgan fingerprint density at radius 2 is 2.04 bits per heavy atom. The fraction of sp³-hybridized carbons (Fsp3) is 0.125. The molecule has 0 radical (unpaired) electrons. The van der Waals surface area contributed by atoms with Crippen molar-refractivity contribution in [2.24, 2.45) is 0 Å². The predicted molar refractivity (Wildman–Crippen MR) is 84.3 cm³/mol. The van der Waals surface area contributed by atoms with Crippen LogP contribution in [0.1, 0.15) is 5.01 Å². The number of aromatic nitrogens is 1. The molecule has 1 amide bonds. The molecule has 0 aliphatic rings. The van der Waals surface area contributed by atoms with Crippen LogP contribution < -0.4 is 5.32 Å². The summed E-state index contributed by atoms with van der Waals surface area (Å²) in [6, 6.07) is 10.6. The van der Waals surface area contributed by atoms with Crippen LogP contribution in [-0.2, 0) is 16.1 Å². The first-order valence-electron chi connectivity index (χ1n) is 6.79. The summed E-state index contributed by atoms with van der Waals surface area (Å²) in [5.41, 5.74) is 0.800. The Kier molecular flexibility index (Phi) is 4.59. The molecule has 1 N–H and O–H groups in total. The first-order chi connectivity index (χ1) is 11.1. The monoisotopic (exact) mass is 334 g/mol. The fourth-order valence-corrected chi connectivity index (χ4v) is 2.89. The summed E-state index contributed by atoms with van der Waals surface area (Å²) < 4.78 is 32.5. The molecule has 4 nitrogen and oxygen atoms in total. The number of anilines is 1. The van der Waals surface area contributed by atoms with Gasteiger partial charge in [0.15, 0.2) is 0 Å². The molecule has 2 aromatic carbocycles. The Labute approximate surface area is 134 Å². The molecule has 0 fully saturated rings. The summed E-state index contributed by atoms with van der Waals surface area (Å²) in [6.45, 7) is -0.0502. The maximum absolute atomic E-state index is 13.4. The number of ether oxygens (including phenoxy) is 1. The average molecular weight is 334 g/mol. The van der Waals surface area contributed by atoms with Crippen LogP contribution in [0.25, 0.3) is 10.2 Å². The number of rotatable bonds is 5. The zero-order valence-electron chi connectivity index (χ0n) is 11.9. The topological polar surface area (TPSA) is 51.2 Å². The number of hydrogen-bond donors (Lipinski definition) is 1. The Morgan fingerprint density at radius 3 is 2.83 bits per heavy atom. The molecule has 3 aromatic rings. The lowest BCUT2D eigenvalue weighted by Crippen LogP contribution is -2.19. The van der Waals surface area contributed by atoms with E-state index in [1.165, 1.54) is 11.3 Å². The molecule has 0 atom stereocenters. The van der Waals surface area contributed by atoms with E-state index in [1.54, 1.807) is 0 Å². The number of benzene rings is 2. The van der Waals surface area contributed by atoms with E-state index in [-0.39, 0.29) is 18.9 Å². The molecule has 0 aliphatic heterocycles. The summed E-state index contributed by atoms with van der Waals surface area (Å²) in [5, 5.41) is 3.08. The molecule has 0 aliphatic carbocycles. The van der Waals surface area contributed by atoms with Gasteiger partial charge < -0.3 is 10.1 Å². The molecule has 0 bridgehead atoms. The van der Waals surface area contributed by atoms with Crippen molar-refractivity contribution in [3.63, 3.8) is 0 Å². The molecule has 0 spiro atoms. The number of thiazole rings is 1. The maximum Gasteiger partial charge on any atom is 0.250 e. The van der Waals surface area contributed by atoms with Crippen molar-refractivity contribution in [1.29, 1.82) is 0 Å². The van der Waals surface area contributed by atoms with Crippen LogP contribution in [0.15, 0.2) is 42.5 Å². The number of halogens is 2. The number of nitrogens with zero attached hydrogens (tertiary/aromatic N) is 1. The number of hydrogen-bond acceptors (Lipinski definition) is 4. The van der Waals surface area contributed by atoms with Crippen LogP contribution in [0.4, 0.5) is 14.5 Å². The lowest BCUT2D eigenvalue weighted by molar-refractivity contribution is -0.121.